The highest BCUT2D eigenvalue weighted by Gasteiger charge is 2.13. The summed E-state index contributed by atoms with van der Waals surface area (Å²) in [7, 11) is 0. The number of hydrogen-bond acceptors (Lipinski definition) is 7. The Morgan fingerprint density at radius 1 is 0.815 bits per heavy atom. The fraction of sp³-hybridized carbons (Fsp3) is 0.158. The quantitative estimate of drug-likeness (QED) is 0.379. The van der Waals surface area contributed by atoms with Crippen molar-refractivity contribution in [3.05, 3.63) is 64.0 Å². The first-order valence-electron chi connectivity index (χ1n) is 8.20. The van der Waals surface area contributed by atoms with E-state index in [0.29, 0.717) is 28.6 Å². The van der Waals surface area contributed by atoms with E-state index in [4.69, 9.17) is 8.83 Å². The minimum absolute atomic E-state index is 0.456. The van der Waals surface area contributed by atoms with Crippen molar-refractivity contribution >= 4 is 27.7 Å². The first-order chi connectivity index (χ1) is 13.1. The zero-order valence-corrected chi connectivity index (χ0v) is 17.0. The van der Waals surface area contributed by atoms with Crippen LogP contribution in [0.2, 0.25) is 0 Å². The van der Waals surface area contributed by atoms with Crippen LogP contribution >= 0.6 is 27.7 Å². The molecule has 0 aliphatic carbocycles. The molecule has 8 heteroatoms. The number of aryl methyl sites for hydroxylation is 2. The lowest BCUT2D eigenvalue weighted by Gasteiger charge is -1.99. The maximum absolute atomic E-state index is 5.75. The Balaban J connectivity index is 1.44. The van der Waals surface area contributed by atoms with E-state index < -0.39 is 0 Å². The molecule has 0 N–H and O–H groups in total. The molecule has 6 nitrogen and oxygen atoms in total. The van der Waals surface area contributed by atoms with Crippen molar-refractivity contribution in [3.8, 4) is 22.9 Å². The maximum atomic E-state index is 5.75. The largest absolute Gasteiger partial charge is 0.420 e. The molecule has 136 valence electrons. The summed E-state index contributed by atoms with van der Waals surface area (Å²) in [6.07, 6.45) is 0. The number of halogens is 1. The second-order valence-corrected chi connectivity index (χ2v) is 7.89. The molecule has 0 saturated carbocycles. The summed E-state index contributed by atoms with van der Waals surface area (Å²) in [6.45, 7) is 4.09. The van der Waals surface area contributed by atoms with Crippen molar-refractivity contribution in [3.63, 3.8) is 0 Å². The molecule has 2 heterocycles. The topological polar surface area (TPSA) is 77.8 Å². The van der Waals surface area contributed by atoms with Gasteiger partial charge in [-0.2, -0.15) is 0 Å². The van der Waals surface area contributed by atoms with Gasteiger partial charge < -0.3 is 8.83 Å². The number of aromatic nitrogens is 4. The third-order valence-electron chi connectivity index (χ3n) is 3.75. The minimum Gasteiger partial charge on any atom is -0.420 e. The SMILES string of the molecule is Cc1cc(C)cc(-c2nnc(SCc3nnc(-c4ccc(Br)cc4)o3)o2)c1. The smallest absolute Gasteiger partial charge is 0.277 e. The number of hydrogen-bond donors (Lipinski definition) is 0. The first kappa shape index (κ1) is 17.9. The van der Waals surface area contributed by atoms with Gasteiger partial charge in [0.15, 0.2) is 0 Å². The van der Waals surface area contributed by atoms with E-state index in [-0.39, 0.29) is 0 Å². The average Bonchev–Trinajstić information content (AvgIpc) is 3.29. The Hall–Kier alpha value is -2.45. The van der Waals surface area contributed by atoms with Crippen LogP contribution in [0, 0.1) is 13.8 Å². The van der Waals surface area contributed by atoms with Crippen molar-refractivity contribution in [2.75, 3.05) is 0 Å². The molecule has 0 aliphatic rings. The van der Waals surface area contributed by atoms with Crippen LogP contribution in [0.5, 0.6) is 0 Å². The Morgan fingerprint density at radius 2 is 1.48 bits per heavy atom. The third kappa shape index (κ3) is 4.28. The van der Waals surface area contributed by atoms with Gasteiger partial charge in [-0.15, -0.1) is 20.4 Å². The zero-order chi connectivity index (χ0) is 18.8. The number of thioether (sulfide) groups is 1. The number of benzene rings is 2. The van der Waals surface area contributed by atoms with Crippen molar-refractivity contribution in [2.45, 2.75) is 24.8 Å². The molecule has 0 saturated heterocycles. The molecule has 0 unspecified atom stereocenters. The summed E-state index contributed by atoms with van der Waals surface area (Å²) in [6, 6.07) is 13.9. The van der Waals surface area contributed by atoms with Crippen LogP contribution in [0.4, 0.5) is 0 Å². The molecular formula is C19H15BrN4O2S. The van der Waals surface area contributed by atoms with Crippen LogP contribution in [0.25, 0.3) is 22.9 Å². The normalized spacial score (nSPS) is 11.1. The Kier molecular flexibility index (Phi) is 5.09. The summed E-state index contributed by atoms with van der Waals surface area (Å²) < 4.78 is 12.5. The molecule has 2 aromatic carbocycles. The van der Waals surface area contributed by atoms with Gasteiger partial charge in [-0.1, -0.05) is 44.9 Å². The van der Waals surface area contributed by atoms with Crippen molar-refractivity contribution in [1.82, 2.24) is 20.4 Å². The Bertz CT molecular complexity index is 1060. The highest BCUT2D eigenvalue weighted by Crippen LogP contribution is 2.28. The molecule has 0 fully saturated rings. The van der Waals surface area contributed by atoms with E-state index in [2.05, 4.69) is 42.4 Å². The van der Waals surface area contributed by atoms with Gasteiger partial charge in [0, 0.05) is 15.6 Å². The first-order valence-corrected chi connectivity index (χ1v) is 9.98. The molecule has 0 atom stereocenters. The highest BCUT2D eigenvalue weighted by molar-refractivity contribution is 9.10. The van der Waals surface area contributed by atoms with E-state index >= 15 is 0 Å². The van der Waals surface area contributed by atoms with Gasteiger partial charge in [-0.25, -0.2) is 0 Å². The van der Waals surface area contributed by atoms with E-state index in [1.54, 1.807) is 0 Å². The number of nitrogens with zero attached hydrogens (tertiary/aromatic N) is 4. The lowest BCUT2D eigenvalue weighted by molar-refractivity contribution is 0.464. The molecule has 27 heavy (non-hydrogen) atoms. The zero-order valence-electron chi connectivity index (χ0n) is 14.6. The van der Waals surface area contributed by atoms with Crippen LogP contribution in [-0.2, 0) is 5.75 Å². The molecule has 0 aliphatic heterocycles. The van der Waals surface area contributed by atoms with Crippen molar-refractivity contribution in [1.29, 1.82) is 0 Å². The average molecular weight is 443 g/mol. The van der Waals surface area contributed by atoms with E-state index in [1.165, 1.54) is 11.8 Å². The molecule has 4 aromatic rings. The lowest BCUT2D eigenvalue weighted by Crippen LogP contribution is -1.82. The summed E-state index contributed by atoms with van der Waals surface area (Å²) in [4.78, 5) is 0. The van der Waals surface area contributed by atoms with Gasteiger partial charge in [0.2, 0.25) is 17.7 Å². The predicted octanol–water partition coefficient (Wildman–Crippen LogP) is 5.46. The molecular weight excluding hydrogens is 428 g/mol. The minimum atomic E-state index is 0.456. The summed E-state index contributed by atoms with van der Waals surface area (Å²) >= 11 is 4.77. The third-order valence-corrected chi connectivity index (χ3v) is 5.08. The van der Waals surface area contributed by atoms with Crippen LogP contribution in [-0.4, -0.2) is 20.4 Å². The van der Waals surface area contributed by atoms with E-state index in [9.17, 15) is 0 Å². The molecule has 0 amide bonds. The predicted molar refractivity (Wildman–Crippen MR) is 106 cm³/mol. The van der Waals surface area contributed by atoms with Gasteiger partial charge in [0.25, 0.3) is 5.22 Å². The maximum Gasteiger partial charge on any atom is 0.277 e. The molecule has 0 spiro atoms. The Morgan fingerprint density at radius 3 is 2.22 bits per heavy atom. The lowest BCUT2D eigenvalue weighted by atomic mass is 10.1. The second-order valence-electron chi connectivity index (χ2n) is 6.05. The molecule has 0 bridgehead atoms. The molecule has 2 aromatic heterocycles. The molecule has 0 radical (unpaired) electrons. The number of rotatable bonds is 5. The summed E-state index contributed by atoms with van der Waals surface area (Å²) in [5.41, 5.74) is 4.10. The van der Waals surface area contributed by atoms with Gasteiger partial charge in [-0.3, -0.25) is 0 Å². The summed E-state index contributed by atoms with van der Waals surface area (Å²) in [5.74, 6) is 1.95. The molecule has 4 rings (SSSR count). The standard InChI is InChI=1S/C19H15BrN4O2S/c1-11-7-12(2)9-14(8-11)18-23-24-19(26-18)27-10-16-21-22-17(25-16)13-3-5-15(20)6-4-13/h3-9H,10H2,1-2H3. The summed E-state index contributed by atoms with van der Waals surface area (Å²) in [5, 5.41) is 16.9. The van der Waals surface area contributed by atoms with E-state index in [0.717, 1.165) is 26.7 Å². The van der Waals surface area contributed by atoms with Crippen LogP contribution in [0.3, 0.4) is 0 Å². The Labute approximate surface area is 168 Å². The van der Waals surface area contributed by atoms with Crippen molar-refractivity contribution in [2.24, 2.45) is 0 Å². The fourth-order valence-corrected chi connectivity index (χ4v) is 3.49. The fourth-order valence-electron chi connectivity index (χ4n) is 2.63. The highest BCUT2D eigenvalue weighted by atomic mass is 79.9. The van der Waals surface area contributed by atoms with Gasteiger partial charge in [0.05, 0.1) is 5.75 Å². The van der Waals surface area contributed by atoms with Gasteiger partial charge in [-0.05, 0) is 50.2 Å². The van der Waals surface area contributed by atoms with Crippen LogP contribution < -0.4 is 0 Å². The van der Waals surface area contributed by atoms with E-state index in [1.807, 2.05) is 50.2 Å². The van der Waals surface area contributed by atoms with Crippen molar-refractivity contribution < 1.29 is 8.83 Å². The monoisotopic (exact) mass is 442 g/mol. The van der Waals surface area contributed by atoms with Crippen LogP contribution in [0.1, 0.15) is 17.0 Å². The second kappa shape index (κ2) is 7.66. The van der Waals surface area contributed by atoms with Crippen LogP contribution in [0.15, 0.2) is 61.0 Å². The van der Waals surface area contributed by atoms with Gasteiger partial charge >= 0.3 is 0 Å². The van der Waals surface area contributed by atoms with Gasteiger partial charge in [0.1, 0.15) is 0 Å².